The number of rotatable bonds is 6. The van der Waals surface area contributed by atoms with Crippen molar-refractivity contribution in [2.24, 2.45) is 16.8 Å². The van der Waals surface area contributed by atoms with E-state index in [9.17, 15) is 13.2 Å². The molecule has 106 valence electrons. The van der Waals surface area contributed by atoms with Crippen LogP contribution in [0.3, 0.4) is 0 Å². The van der Waals surface area contributed by atoms with Crippen LogP contribution in [0, 0.1) is 5.92 Å². The minimum atomic E-state index is -3.43. The minimum absolute atomic E-state index is 0.000700. The fraction of sp³-hybridized carbons (Fsp3) is 0.900. The summed E-state index contributed by atoms with van der Waals surface area (Å²) in [6.45, 7) is 2.70. The summed E-state index contributed by atoms with van der Waals surface area (Å²) in [6.07, 6.45) is 1.73. The molecular formula is C10H22N4O3S. The first-order chi connectivity index (χ1) is 8.42. The SMILES string of the molecule is NCCNC(=O)C1CCCN(CCS(N)(=O)=O)C1. The summed E-state index contributed by atoms with van der Waals surface area (Å²) in [5.41, 5.74) is 5.32. The van der Waals surface area contributed by atoms with Gasteiger partial charge in [-0.2, -0.15) is 0 Å². The lowest BCUT2D eigenvalue weighted by Gasteiger charge is -2.31. The maximum atomic E-state index is 11.8. The molecule has 0 radical (unpaired) electrons. The van der Waals surface area contributed by atoms with Gasteiger partial charge in [0.1, 0.15) is 0 Å². The van der Waals surface area contributed by atoms with Crippen LogP contribution in [0.1, 0.15) is 12.8 Å². The van der Waals surface area contributed by atoms with E-state index in [2.05, 4.69) is 5.32 Å². The van der Waals surface area contributed by atoms with Gasteiger partial charge in [-0.05, 0) is 19.4 Å². The van der Waals surface area contributed by atoms with Crippen LogP contribution in [0.5, 0.6) is 0 Å². The van der Waals surface area contributed by atoms with Crippen molar-refractivity contribution < 1.29 is 13.2 Å². The van der Waals surface area contributed by atoms with Gasteiger partial charge in [-0.3, -0.25) is 4.79 Å². The lowest BCUT2D eigenvalue weighted by molar-refractivity contribution is -0.126. The first-order valence-electron chi connectivity index (χ1n) is 6.13. The molecule has 1 saturated heterocycles. The van der Waals surface area contributed by atoms with Gasteiger partial charge >= 0.3 is 0 Å². The zero-order valence-corrected chi connectivity index (χ0v) is 11.3. The standard InChI is InChI=1S/C10H22N4O3S/c11-3-4-13-10(15)9-2-1-5-14(8-9)6-7-18(12,16)17/h9H,1-8,11H2,(H,13,15)(H2,12,16,17). The highest BCUT2D eigenvalue weighted by Gasteiger charge is 2.25. The van der Waals surface area contributed by atoms with E-state index in [0.717, 1.165) is 19.4 Å². The van der Waals surface area contributed by atoms with Gasteiger partial charge < -0.3 is 16.0 Å². The zero-order valence-electron chi connectivity index (χ0n) is 10.5. The van der Waals surface area contributed by atoms with E-state index in [4.69, 9.17) is 10.9 Å². The van der Waals surface area contributed by atoms with Gasteiger partial charge in [0, 0.05) is 26.2 Å². The quantitative estimate of drug-likeness (QED) is 0.522. The van der Waals surface area contributed by atoms with Crippen LogP contribution in [-0.4, -0.2) is 57.7 Å². The molecule has 0 saturated carbocycles. The molecule has 1 aliphatic rings. The zero-order chi connectivity index (χ0) is 13.6. The number of sulfonamides is 1. The first kappa shape index (κ1) is 15.4. The number of likely N-dealkylation sites (tertiary alicyclic amines) is 1. The van der Waals surface area contributed by atoms with Gasteiger partial charge in [-0.1, -0.05) is 0 Å². The van der Waals surface area contributed by atoms with Crippen molar-refractivity contribution in [3.8, 4) is 0 Å². The summed E-state index contributed by atoms with van der Waals surface area (Å²) < 4.78 is 21.8. The highest BCUT2D eigenvalue weighted by molar-refractivity contribution is 7.89. The van der Waals surface area contributed by atoms with E-state index >= 15 is 0 Å². The first-order valence-corrected chi connectivity index (χ1v) is 7.84. The molecule has 0 aliphatic carbocycles. The number of primary sulfonamides is 1. The van der Waals surface area contributed by atoms with Gasteiger partial charge in [-0.15, -0.1) is 0 Å². The van der Waals surface area contributed by atoms with E-state index in [1.165, 1.54) is 0 Å². The molecule has 18 heavy (non-hydrogen) atoms. The Bertz CT molecular complexity index is 371. The molecule has 1 rings (SSSR count). The molecule has 0 aromatic rings. The molecule has 1 atom stereocenters. The number of carbonyl (C=O) groups excluding carboxylic acids is 1. The molecule has 1 aliphatic heterocycles. The fourth-order valence-corrected chi connectivity index (χ4v) is 2.58. The van der Waals surface area contributed by atoms with Crippen molar-refractivity contribution >= 4 is 15.9 Å². The number of hydrogen-bond acceptors (Lipinski definition) is 5. The lowest BCUT2D eigenvalue weighted by Crippen LogP contribution is -2.45. The Hall–Kier alpha value is -0.700. The Morgan fingerprint density at radius 3 is 2.78 bits per heavy atom. The second-order valence-corrected chi connectivity index (χ2v) is 6.32. The molecule has 0 bridgehead atoms. The van der Waals surface area contributed by atoms with Crippen molar-refractivity contribution in [2.45, 2.75) is 12.8 Å². The van der Waals surface area contributed by atoms with Crippen LogP contribution in [-0.2, 0) is 14.8 Å². The Balaban J connectivity index is 2.38. The maximum absolute atomic E-state index is 11.8. The van der Waals surface area contributed by atoms with E-state index in [-0.39, 0.29) is 17.6 Å². The summed E-state index contributed by atoms with van der Waals surface area (Å²) in [6, 6.07) is 0. The molecule has 7 nitrogen and oxygen atoms in total. The Labute approximate surface area is 108 Å². The van der Waals surface area contributed by atoms with Gasteiger partial charge in [0.15, 0.2) is 0 Å². The lowest BCUT2D eigenvalue weighted by atomic mass is 9.97. The van der Waals surface area contributed by atoms with Gasteiger partial charge in [0.25, 0.3) is 0 Å². The molecule has 8 heteroatoms. The summed E-state index contributed by atoms with van der Waals surface area (Å²) in [7, 11) is -3.43. The van der Waals surface area contributed by atoms with Crippen molar-refractivity contribution in [2.75, 3.05) is 38.5 Å². The third-order valence-electron chi connectivity index (χ3n) is 3.01. The number of amides is 1. The molecule has 1 amide bonds. The molecular weight excluding hydrogens is 256 g/mol. The van der Waals surface area contributed by atoms with E-state index in [0.29, 0.717) is 26.2 Å². The van der Waals surface area contributed by atoms with Crippen LogP contribution >= 0.6 is 0 Å². The minimum Gasteiger partial charge on any atom is -0.355 e. The normalized spacial score (nSPS) is 21.8. The van der Waals surface area contributed by atoms with E-state index in [1.807, 2.05) is 4.90 Å². The highest BCUT2D eigenvalue weighted by atomic mass is 32.2. The molecule has 0 spiro atoms. The average Bonchev–Trinajstić information content (AvgIpc) is 2.33. The number of hydrogen-bond donors (Lipinski definition) is 3. The molecule has 5 N–H and O–H groups in total. The number of nitrogens with two attached hydrogens (primary N) is 2. The third-order valence-corrected chi connectivity index (χ3v) is 3.76. The summed E-state index contributed by atoms with van der Waals surface area (Å²) in [5, 5.41) is 7.73. The number of nitrogens with one attached hydrogen (secondary N) is 1. The van der Waals surface area contributed by atoms with Crippen LogP contribution in [0.25, 0.3) is 0 Å². The molecule has 1 fully saturated rings. The van der Waals surface area contributed by atoms with Gasteiger partial charge in [0.05, 0.1) is 11.7 Å². The van der Waals surface area contributed by atoms with Crippen molar-refractivity contribution in [3.05, 3.63) is 0 Å². The molecule has 1 unspecified atom stereocenters. The molecule has 1 heterocycles. The number of nitrogens with zero attached hydrogens (tertiary/aromatic N) is 1. The van der Waals surface area contributed by atoms with Crippen LogP contribution in [0.4, 0.5) is 0 Å². The maximum Gasteiger partial charge on any atom is 0.224 e. The third kappa shape index (κ3) is 5.76. The molecule has 0 aromatic carbocycles. The van der Waals surface area contributed by atoms with Crippen molar-refractivity contribution in [3.63, 3.8) is 0 Å². The average molecular weight is 278 g/mol. The van der Waals surface area contributed by atoms with Gasteiger partial charge in [0.2, 0.25) is 15.9 Å². The molecule has 0 aromatic heterocycles. The summed E-state index contributed by atoms with van der Waals surface area (Å²) in [4.78, 5) is 13.7. The Morgan fingerprint density at radius 2 is 2.17 bits per heavy atom. The predicted octanol–water partition coefficient (Wildman–Crippen LogP) is -1.94. The largest absolute Gasteiger partial charge is 0.355 e. The highest BCUT2D eigenvalue weighted by Crippen LogP contribution is 2.16. The smallest absolute Gasteiger partial charge is 0.224 e. The van der Waals surface area contributed by atoms with Crippen LogP contribution < -0.4 is 16.2 Å². The Kier molecular flexibility index (Phi) is 6.00. The van der Waals surface area contributed by atoms with E-state index < -0.39 is 10.0 Å². The predicted molar refractivity (Wildman–Crippen MR) is 69.2 cm³/mol. The monoisotopic (exact) mass is 278 g/mol. The van der Waals surface area contributed by atoms with E-state index in [1.54, 1.807) is 0 Å². The van der Waals surface area contributed by atoms with Crippen LogP contribution in [0.2, 0.25) is 0 Å². The van der Waals surface area contributed by atoms with Gasteiger partial charge in [-0.25, -0.2) is 13.6 Å². The second-order valence-electron chi connectivity index (χ2n) is 4.59. The topological polar surface area (TPSA) is 119 Å². The Morgan fingerprint density at radius 1 is 1.44 bits per heavy atom. The number of carbonyl (C=O) groups is 1. The summed E-state index contributed by atoms with van der Waals surface area (Å²) in [5.74, 6) is -0.143. The summed E-state index contributed by atoms with van der Waals surface area (Å²) >= 11 is 0. The fourth-order valence-electron chi connectivity index (χ4n) is 2.07. The van der Waals surface area contributed by atoms with Crippen molar-refractivity contribution in [1.82, 2.24) is 10.2 Å². The second kappa shape index (κ2) is 7.03. The van der Waals surface area contributed by atoms with Crippen LogP contribution in [0.15, 0.2) is 0 Å². The van der Waals surface area contributed by atoms with Crippen molar-refractivity contribution in [1.29, 1.82) is 0 Å². The number of piperidine rings is 1.